The van der Waals surface area contributed by atoms with Crippen LogP contribution < -0.4 is 0 Å². The molecule has 0 aliphatic carbocycles. The summed E-state index contributed by atoms with van der Waals surface area (Å²) in [5, 5.41) is 4.75. The van der Waals surface area contributed by atoms with Crippen molar-refractivity contribution in [2.75, 3.05) is 7.05 Å². The van der Waals surface area contributed by atoms with E-state index in [9.17, 15) is 4.79 Å². The first-order valence-electron chi connectivity index (χ1n) is 8.47. The highest BCUT2D eigenvalue weighted by Crippen LogP contribution is 2.17. The van der Waals surface area contributed by atoms with Gasteiger partial charge in [0.1, 0.15) is 5.69 Å². The van der Waals surface area contributed by atoms with Crippen LogP contribution >= 0.6 is 11.6 Å². The Balaban J connectivity index is 1.48. The summed E-state index contributed by atoms with van der Waals surface area (Å²) in [5.41, 5.74) is 2.60. The average molecular weight is 370 g/mol. The maximum absolute atomic E-state index is 12.3. The number of halogens is 1. The van der Waals surface area contributed by atoms with Gasteiger partial charge in [0, 0.05) is 30.8 Å². The van der Waals surface area contributed by atoms with E-state index in [1.807, 2.05) is 48.5 Å². The highest BCUT2D eigenvalue weighted by Gasteiger charge is 2.13. The SMILES string of the molecule is CN(Cc1cc(-c2ccccn2)no1)C(=O)CCCc1ccc(Cl)cc1. The zero-order chi connectivity index (χ0) is 18.4. The minimum atomic E-state index is 0.0785. The molecule has 1 amide bonds. The standard InChI is InChI=1S/C20H20ClN3O2/c1-24(20(25)7-4-5-15-8-10-16(21)11-9-15)14-17-13-19(23-26-17)18-6-2-3-12-22-18/h2-3,6,8-13H,4-5,7,14H2,1H3. The van der Waals surface area contributed by atoms with Gasteiger partial charge in [0.2, 0.25) is 5.91 Å². The van der Waals surface area contributed by atoms with Gasteiger partial charge in [-0.25, -0.2) is 0 Å². The van der Waals surface area contributed by atoms with Crippen LogP contribution in [-0.4, -0.2) is 28.0 Å². The zero-order valence-electron chi connectivity index (χ0n) is 14.6. The topological polar surface area (TPSA) is 59.2 Å². The molecule has 134 valence electrons. The van der Waals surface area contributed by atoms with Gasteiger partial charge >= 0.3 is 0 Å². The van der Waals surface area contributed by atoms with Crippen LogP contribution in [0.4, 0.5) is 0 Å². The lowest BCUT2D eigenvalue weighted by molar-refractivity contribution is -0.130. The molecule has 0 N–H and O–H groups in total. The van der Waals surface area contributed by atoms with Gasteiger partial charge in [-0.1, -0.05) is 35.0 Å². The molecule has 3 aromatic rings. The van der Waals surface area contributed by atoms with Crippen molar-refractivity contribution >= 4 is 17.5 Å². The number of aromatic nitrogens is 2. The minimum absolute atomic E-state index is 0.0785. The molecule has 0 atom stereocenters. The van der Waals surface area contributed by atoms with Gasteiger partial charge in [-0.2, -0.15) is 0 Å². The molecule has 0 saturated carbocycles. The number of aryl methyl sites for hydroxylation is 1. The molecule has 26 heavy (non-hydrogen) atoms. The molecule has 0 radical (unpaired) electrons. The number of amides is 1. The second kappa shape index (κ2) is 8.63. The van der Waals surface area contributed by atoms with Crippen LogP contribution in [0.15, 0.2) is 59.3 Å². The van der Waals surface area contributed by atoms with Gasteiger partial charge in [-0.05, 0) is 42.7 Å². The van der Waals surface area contributed by atoms with Crippen molar-refractivity contribution in [2.45, 2.75) is 25.8 Å². The third-order valence-corrected chi connectivity index (χ3v) is 4.33. The van der Waals surface area contributed by atoms with E-state index in [4.69, 9.17) is 16.1 Å². The molecular weight excluding hydrogens is 350 g/mol. The third-order valence-electron chi connectivity index (χ3n) is 4.07. The van der Waals surface area contributed by atoms with Crippen LogP contribution in [0.5, 0.6) is 0 Å². The van der Waals surface area contributed by atoms with Crippen molar-refractivity contribution in [3.8, 4) is 11.4 Å². The first-order chi connectivity index (χ1) is 12.6. The Morgan fingerprint density at radius 3 is 2.69 bits per heavy atom. The fraction of sp³-hybridized carbons (Fsp3) is 0.250. The van der Waals surface area contributed by atoms with Gasteiger partial charge in [0.05, 0.1) is 12.2 Å². The lowest BCUT2D eigenvalue weighted by atomic mass is 10.1. The van der Waals surface area contributed by atoms with Gasteiger partial charge in [-0.15, -0.1) is 0 Å². The quantitative estimate of drug-likeness (QED) is 0.620. The van der Waals surface area contributed by atoms with E-state index in [1.165, 1.54) is 5.56 Å². The van der Waals surface area contributed by atoms with Crippen molar-refractivity contribution in [3.63, 3.8) is 0 Å². The lowest BCUT2D eigenvalue weighted by Gasteiger charge is -2.15. The fourth-order valence-corrected chi connectivity index (χ4v) is 2.76. The normalized spacial score (nSPS) is 10.7. The molecule has 0 bridgehead atoms. The van der Waals surface area contributed by atoms with Crippen molar-refractivity contribution in [1.82, 2.24) is 15.0 Å². The van der Waals surface area contributed by atoms with Crippen molar-refractivity contribution in [1.29, 1.82) is 0 Å². The lowest BCUT2D eigenvalue weighted by Crippen LogP contribution is -2.25. The highest BCUT2D eigenvalue weighted by atomic mass is 35.5. The summed E-state index contributed by atoms with van der Waals surface area (Å²) in [7, 11) is 1.77. The first kappa shape index (κ1) is 18.1. The molecule has 6 heteroatoms. The number of rotatable bonds is 7. The van der Waals surface area contributed by atoms with E-state index in [1.54, 1.807) is 18.1 Å². The van der Waals surface area contributed by atoms with Gasteiger partial charge in [0.25, 0.3) is 0 Å². The monoisotopic (exact) mass is 369 g/mol. The Morgan fingerprint density at radius 1 is 1.15 bits per heavy atom. The Kier molecular flexibility index (Phi) is 6.02. The van der Waals surface area contributed by atoms with Crippen LogP contribution in [0.2, 0.25) is 5.02 Å². The number of hydrogen-bond acceptors (Lipinski definition) is 4. The number of pyridine rings is 1. The molecule has 0 aliphatic heterocycles. The summed E-state index contributed by atoms with van der Waals surface area (Å²) >= 11 is 5.88. The largest absolute Gasteiger partial charge is 0.359 e. The van der Waals surface area contributed by atoms with E-state index in [0.717, 1.165) is 23.6 Å². The Bertz CT molecular complexity index is 847. The maximum Gasteiger partial charge on any atom is 0.222 e. The first-order valence-corrected chi connectivity index (χ1v) is 8.85. The Hall–Kier alpha value is -2.66. The van der Waals surface area contributed by atoms with Crippen molar-refractivity contribution in [3.05, 3.63) is 71.1 Å². The number of benzene rings is 1. The molecule has 0 aliphatic rings. The van der Waals surface area contributed by atoms with Crippen LogP contribution in [0, 0.1) is 0 Å². The molecule has 2 aromatic heterocycles. The number of carbonyl (C=O) groups is 1. The molecular formula is C20H20ClN3O2. The molecule has 2 heterocycles. The van der Waals surface area contributed by atoms with E-state index in [2.05, 4.69) is 10.1 Å². The van der Waals surface area contributed by atoms with E-state index < -0.39 is 0 Å². The fourth-order valence-electron chi connectivity index (χ4n) is 2.63. The second-order valence-corrected chi connectivity index (χ2v) is 6.56. The second-order valence-electron chi connectivity index (χ2n) is 6.12. The molecule has 0 saturated heterocycles. The molecule has 0 spiro atoms. The van der Waals surface area contributed by atoms with Crippen LogP contribution in [0.3, 0.4) is 0 Å². The summed E-state index contributed by atoms with van der Waals surface area (Å²) < 4.78 is 5.33. The number of hydrogen-bond donors (Lipinski definition) is 0. The summed E-state index contributed by atoms with van der Waals surface area (Å²) in [5.74, 6) is 0.717. The average Bonchev–Trinajstić information content (AvgIpc) is 3.12. The third kappa shape index (κ3) is 4.92. The highest BCUT2D eigenvalue weighted by molar-refractivity contribution is 6.30. The van der Waals surface area contributed by atoms with Crippen LogP contribution in [-0.2, 0) is 17.8 Å². The number of carbonyl (C=O) groups excluding carboxylic acids is 1. The molecule has 1 aromatic carbocycles. The van der Waals surface area contributed by atoms with E-state index in [-0.39, 0.29) is 5.91 Å². The predicted molar refractivity (Wildman–Crippen MR) is 101 cm³/mol. The van der Waals surface area contributed by atoms with Crippen molar-refractivity contribution < 1.29 is 9.32 Å². The van der Waals surface area contributed by atoms with E-state index in [0.29, 0.717) is 24.4 Å². The molecule has 5 nitrogen and oxygen atoms in total. The Labute approximate surface area is 157 Å². The van der Waals surface area contributed by atoms with Gasteiger partial charge < -0.3 is 9.42 Å². The summed E-state index contributed by atoms with van der Waals surface area (Å²) in [4.78, 5) is 18.2. The predicted octanol–water partition coefficient (Wildman–Crippen LogP) is 4.37. The van der Waals surface area contributed by atoms with Crippen molar-refractivity contribution in [2.24, 2.45) is 0 Å². The summed E-state index contributed by atoms with van der Waals surface area (Å²) in [6.07, 6.45) is 3.84. The summed E-state index contributed by atoms with van der Waals surface area (Å²) in [6, 6.07) is 15.2. The molecule has 0 unspecified atom stereocenters. The van der Waals surface area contributed by atoms with Gasteiger partial charge in [-0.3, -0.25) is 9.78 Å². The molecule has 3 rings (SSSR count). The minimum Gasteiger partial charge on any atom is -0.359 e. The number of nitrogens with zero attached hydrogens (tertiary/aromatic N) is 3. The Morgan fingerprint density at radius 2 is 1.96 bits per heavy atom. The summed E-state index contributed by atoms with van der Waals surface area (Å²) in [6.45, 7) is 0.389. The van der Waals surface area contributed by atoms with Crippen LogP contribution in [0.1, 0.15) is 24.2 Å². The van der Waals surface area contributed by atoms with Gasteiger partial charge in [0.15, 0.2) is 5.76 Å². The van der Waals surface area contributed by atoms with E-state index >= 15 is 0 Å². The maximum atomic E-state index is 12.3. The molecule has 0 fully saturated rings. The zero-order valence-corrected chi connectivity index (χ0v) is 15.3. The van der Waals surface area contributed by atoms with Crippen LogP contribution in [0.25, 0.3) is 11.4 Å². The smallest absolute Gasteiger partial charge is 0.222 e.